The number of aliphatic hydroxyl groups excluding tert-OH is 1. The number of benzene rings is 3. The normalized spacial score (nSPS) is 27.4. The Morgan fingerprint density at radius 1 is 0.868 bits per heavy atom. The molecule has 0 bridgehead atoms. The summed E-state index contributed by atoms with van der Waals surface area (Å²) in [6.45, 7) is 9.46. The van der Waals surface area contributed by atoms with Crippen LogP contribution in [0.2, 0.25) is 0 Å². The van der Waals surface area contributed by atoms with Crippen molar-refractivity contribution < 1.29 is 28.8 Å². The molecule has 0 saturated carbocycles. The van der Waals surface area contributed by atoms with Gasteiger partial charge in [0.15, 0.2) is 12.1 Å². The van der Waals surface area contributed by atoms with Crippen LogP contribution in [0, 0.1) is 0 Å². The van der Waals surface area contributed by atoms with Gasteiger partial charge in [0.05, 0.1) is 12.7 Å². The third-order valence-electron chi connectivity index (χ3n) is 7.14. The number of aliphatic hydroxyl groups is 1. The summed E-state index contributed by atoms with van der Waals surface area (Å²) in [6.07, 6.45) is -2.34. The van der Waals surface area contributed by atoms with Crippen molar-refractivity contribution in [2.45, 2.75) is 69.0 Å². The molecular formula is C32H36O6. The van der Waals surface area contributed by atoms with Crippen LogP contribution < -0.4 is 0 Å². The van der Waals surface area contributed by atoms with E-state index in [0.29, 0.717) is 0 Å². The monoisotopic (exact) mass is 516 g/mol. The van der Waals surface area contributed by atoms with E-state index < -0.39 is 42.1 Å². The molecule has 1 unspecified atom stereocenters. The van der Waals surface area contributed by atoms with Crippen molar-refractivity contribution in [2.24, 2.45) is 0 Å². The van der Waals surface area contributed by atoms with Gasteiger partial charge in [-0.1, -0.05) is 97.1 Å². The van der Waals surface area contributed by atoms with Gasteiger partial charge in [-0.3, -0.25) is 0 Å². The van der Waals surface area contributed by atoms with E-state index in [1.165, 1.54) is 0 Å². The molecule has 0 radical (unpaired) electrons. The Labute approximate surface area is 224 Å². The topological polar surface area (TPSA) is 66.4 Å². The predicted octanol–water partition coefficient (Wildman–Crippen LogP) is 5.19. The predicted molar refractivity (Wildman–Crippen MR) is 144 cm³/mol. The zero-order chi connectivity index (χ0) is 26.8. The first-order valence-electron chi connectivity index (χ1n) is 13.1. The molecule has 2 aliphatic heterocycles. The fourth-order valence-corrected chi connectivity index (χ4v) is 5.34. The summed E-state index contributed by atoms with van der Waals surface area (Å²) < 4.78 is 31.6. The fourth-order valence-electron chi connectivity index (χ4n) is 5.34. The Hall–Kier alpha value is -2.84. The van der Waals surface area contributed by atoms with E-state index in [0.717, 1.165) is 16.7 Å². The van der Waals surface area contributed by atoms with Crippen LogP contribution in [0.4, 0.5) is 0 Å². The van der Waals surface area contributed by atoms with Gasteiger partial charge in [0.2, 0.25) is 0 Å². The van der Waals surface area contributed by atoms with Gasteiger partial charge in [0.25, 0.3) is 0 Å². The smallest absolute Gasteiger partial charge is 0.187 e. The van der Waals surface area contributed by atoms with Crippen LogP contribution in [0.25, 0.3) is 0 Å². The first-order chi connectivity index (χ1) is 18.3. The summed E-state index contributed by atoms with van der Waals surface area (Å²) in [5.41, 5.74) is 2.05. The zero-order valence-corrected chi connectivity index (χ0v) is 22.1. The third kappa shape index (κ3) is 5.21. The molecule has 1 N–H and O–H groups in total. The quantitative estimate of drug-likeness (QED) is 0.312. The van der Waals surface area contributed by atoms with Crippen LogP contribution in [0.15, 0.2) is 104 Å². The molecule has 3 aromatic rings. The van der Waals surface area contributed by atoms with E-state index in [1.54, 1.807) is 6.08 Å². The summed E-state index contributed by atoms with van der Waals surface area (Å²) in [7, 11) is 0. The summed E-state index contributed by atoms with van der Waals surface area (Å²) in [5, 5.41) is 11.1. The Bertz CT molecular complexity index is 1090. The molecule has 6 heteroatoms. The second kappa shape index (κ2) is 11.1. The average molecular weight is 517 g/mol. The van der Waals surface area contributed by atoms with Gasteiger partial charge in [-0.15, -0.1) is 6.58 Å². The number of hydrogen-bond acceptors (Lipinski definition) is 6. The Morgan fingerprint density at radius 3 is 1.82 bits per heavy atom. The Morgan fingerprint density at radius 2 is 1.34 bits per heavy atom. The van der Waals surface area contributed by atoms with Crippen molar-refractivity contribution >= 4 is 0 Å². The zero-order valence-electron chi connectivity index (χ0n) is 22.1. The first kappa shape index (κ1) is 26.8. The van der Waals surface area contributed by atoms with Gasteiger partial charge in [0.1, 0.15) is 30.0 Å². The second-order valence-corrected chi connectivity index (χ2v) is 10.3. The molecule has 0 spiro atoms. The molecule has 3 aromatic carbocycles. The number of fused-ring (bicyclic) bond motifs is 1. The molecule has 38 heavy (non-hydrogen) atoms. The van der Waals surface area contributed by atoms with E-state index in [1.807, 2.05) is 75.4 Å². The highest BCUT2D eigenvalue weighted by Crippen LogP contribution is 2.43. The second-order valence-electron chi connectivity index (χ2n) is 10.3. The van der Waals surface area contributed by atoms with Crippen molar-refractivity contribution in [1.29, 1.82) is 0 Å². The number of rotatable bonds is 9. The van der Waals surface area contributed by atoms with Crippen molar-refractivity contribution in [3.8, 4) is 0 Å². The summed E-state index contributed by atoms with van der Waals surface area (Å²) in [6, 6.07) is 30.5. The summed E-state index contributed by atoms with van der Waals surface area (Å²) in [5.74, 6) is -0.883. The molecule has 2 heterocycles. The van der Waals surface area contributed by atoms with Crippen LogP contribution in [-0.2, 0) is 29.3 Å². The van der Waals surface area contributed by atoms with Gasteiger partial charge in [-0.05, 0) is 37.5 Å². The molecule has 2 saturated heterocycles. The minimum Gasteiger partial charge on any atom is -0.385 e. The highest BCUT2D eigenvalue weighted by Gasteiger charge is 2.56. The van der Waals surface area contributed by atoms with Crippen molar-refractivity contribution in [1.82, 2.24) is 0 Å². The summed E-state index contributed by atoms with van der Waals surface area (Å²) >= 11 is 0. The maximum absolute atomic E-state index is 11.1. The van der Waals surface area contributed by atoms with Crippen LogP contribution in [0.3, 0.4) is 0 Å². The lowest BCUT2D eigenvalue weighted by Crippen LogP contribution is -2.59. The van der Waals surface area contributed by atoms with Gasteiger partial charge in [-0.2, -0.15) is 0 Å². The maximum atomic E-state index is 11.1. The van der Waals surface area contributed by atoms with Crippen molar-refractivity contribution in [3.63, 3.8) is 0 Å². The van der Waals surface area contributed by atoms with Gasteiger partial charge in [0, 0.05) is 0 Å². The van der Waals surface area contributed by atoms with Gasteiger partial charge in [-0.25, -0.2) is 0 Å². The van der Waals surface area contributed by atoms with Gasteiger partial charge >= 0.3 is 0 Å². The summed E-state index contributed by atoms with van der Waals surface area (Å²) in [4.78, 5) is 0. The minimum absolute atomic E-state index is 0.161. The lowest BCUT2D eigenvalue weighted by Gasteiger charge is -2.42. The van der Waals surface area contributed by atoms with E-state index in [9.17, 15) is 5.11 Å². The molecule has 5 rings (SSSR count). The molecule has 6 atom stereocenters. The molecule has 0 aliphatic carbocycles. The highest BCUT2D eigenvalue weighted by atomic mass is 16.8. The molecular weight excluding hydrogens is 480 g/mol. The maximum Gasteiger partial charge on any atom is 0.187 e. The van der Waals surface area contributed by atoms with E-state index in [-0.39, 0.29) is 12.7 Å². The molecule has 0 aromatic heterocycles. The molecule has 2 fully saturated rings. The average Bonchev–Trinajstić information content (AvgIpc) is 3.28. The van der Waals surface area contributed by atoms with E-state index >= 15 is 0 Å². The SMILES string of the molecule is C=CC(C)O[C@@H]1O[C@H](COC(c2ccccc2)(c2ccccc2)c2ccccc2)[C@@H]2OC(C)(C)O[C@@H]2[C@H]1O. The third-order valence-corrected chi connectivity index (χ3v) is 7.14. The molecule has 200 valence electrons. The number of hydrogen-bond donors (Lipinski definition) is 1. The highest BCUT2D eigenvalue weighted by molar-refractivity contribution is 5.47. The number of ether oxygens (including phenoxy) is 5. The minimum atomic E-state index is -1.03. The molecule has 2 aliphatic rings. The lowest BCUT2D eigenvalue weighted by molar-refractivity contribution is -0.292. The van der Waals surface area contributed by atoms with Crippen LogP contribution in [-0.4, -0.2) is 54.3 Å². The van der Waals surface area contributed by atoms with Crippen molar-refractivity contribution in [2.75, 3.05) is 6.61 Å². The van der Waals surface area contributed by atoms with Gasteiger partial charge < -0.3 is 28.8 Å². The van der Waals surface area contributed by atoms with E-state index in [2.05, 4.69) is 43.0 Å². The fraction of sp³-hybridized carbons (Fsp3) is 0.375. The van der Waals surface area contributed by atoms with Crippen LogP contribution in [0.1, 0.15) is 37.5 Å². The Kier molecular flexibility index (Phi) is 7.82. The Balaban J connectivity index is 1.54. The van der Waals surface area contributed by atoms with Crippen LogP contribution in [0.5, 0.6) is 0 Å². The van der Waals surface area contributed by atoms with Crippen LogP contribution >= 0.6 is 0 Å². The molecule has 0 amide bonds. The van der Waals surface area contributed by atoms with E-state index in [4.69, 9.17) is 23.7 Å². The first-order valence-corrected chi connectivity index (χ1v) is 13.1. The standard InChI is InChI=1S/C32H36O6/c1-5-22(2)35-30-27(33)29-28(37-31(3,4)38-29)26(36-30)21-34-32(23-15-9-6-10-16-23,24-17-11-7-12-18-24)25-19-13-8-14-20-25/h5-20,22,26-30,33H,1,21H2,2-4H3/t22?,26-,27-,28+,29-,30-/m1/s1. The largest absolute Gasteiger partial charge is 0.385 e. The molecule has 6 nitrogen and oxygen atoms in total. The lowest BCUT2D eigenvalue weighted by atomic mass is 9.80. The van der Waals surface area contributed by atoms with Crippen molar-refractivity contribution in [3.05, 3.63) is 120 Å².